The Morgan fingerprint density at radius 2 is 1.79 bits per heavy atom. The predicted molar refractivity (Wildman–Crippen MR) is 81.7 cm³/mol. The van der Waals surface area contributed by atoms with Crippen LogP contribution in [-0.2, 0) is 0 Å². The largest absolute Gasteiger partial charge is 0.387 e. The molecule has 0 aromatic heterocycles. The van der Waals surface area contributed by atoms with Gasteiger partial charge in [0.1, 0.15) is 0 Å². The fraction of sp³-hybridized carbons (Fsp3) is 0.375. The van der Waals surface area contributed by atoms with Crippen LogP contribution in [0.1, 0.15) is 25.5 Å². The first-order valence-corrected chi connectivity index (χ1v) is 7.12. The van der Waals surface area contributed by atoms with Gasteiger partial charge in [-0.2, -0.15) is 0 Å². The first-order valence-electron chi connectivity index (χ1n) is 6.75. The summed E-state index contributed by atoms with van der Waals surface area (Å²) in [6.07, 6.45) is -0.557. The molecule has 0 saturated carbocycles. The maximum absolute atomic E-state index is 10.5. The Balaban J connectivity index is 2.40. The van der Waals surface area contributed by atoms with Crippen molar-refractivity contribution < 1.29 is 5.11 Å². The Bertz CT molecular complexity index is 551. The molecule has 0 heterocycles. The fourth-order valence-corrected chi connectivity index (χ4v) is 2.72. The van der Waals surface area contributed by atoms with E-state index >= 15 is 0 Å². The molecule has 2 nitrogen and oxygen atoms in total. The van der Waals surface area contributed by atoms with E-state index in [9.17, 15) is 5.11 Å². The molecule has 1 unspecified atom stereocenters. The maximum atomic E-state index is 10.5. The summed E-state index contributed by atoms with van der Waals surface area (Å²) in [4.78, 5) is 2.20. The number of aliphatic hydroxyl groups is 1. The molecule has 0 spiro atoms. The molecule has 0 amide bonds. The first kappa shape index (κ1) is 14.3. The van der Waals surface area contributed by atoms with Gasteiger partial charge in [-0.25, -0.2) is 0 Å². The molecule has 0 radical (unpaired) electrons. The van der Waals surface area contributed by atoms with Crippen molar-refractivity contribution in [2.75, 3.05) is 19.6 Å². The van der Waals surface area contributed by atoms with E-state index in [4.69, 9.17) is 11.6 Å². The molecule has 2 aromatic carbocycles. The van der Waals surface area contributed by atoms with Crippen LogP contribution in [-0.4, -0.2) is 29.6 Å². The maximum Gasteiger partial charge on any atom is 0.0937 e. The van der Waals surface area contributed by atoms with Gasteiger partial charge < -0.3 is 10.0 Å². The molecule has 2 rings (SSSR count). The smallest absolute Gasteiger partial charge is 0.0937 e. The minimum atomic E-state index is -0.557. The number of likely N-dealkylation sites (N-methyl/N-ethyl adjacent to an activating group) is 1. The van der Waals surface area contributed by atoms with Crippen LogP contribution < -0.4 is 0 Å². The summed E-state index contributed by atoms with van der Waals surface area (Å²) in [7, 11) is 0. The van der Waals surface area contributed by atoms with E-state index < -0.39 is 6.10 Å². The highest BCUT2D eigenvalue weighted by molar-refractivity contribution is 6.32. The number of hydrogen-bond acceptors (Lipinski definition) is 2. The Labute approximate surface area is 119 Å². The molecule has 1 N–H and O–H groups in total. The standard InChI is InChI=1S/C16H20ClNO/c1-3-18(4-2)11-15(19)16-13-8-6-5-7-12(13)9-10-14(16)17/h5-10,15,19H,3-4,11H2,1-2H3. The van der Waals surface area contributed by atoms with Crippen LogP contribution in [0, 0.1) is 0 Å². The van der Waals surface area contributed by atoms with Gasteiger partial charge in [-0.3, -0.25) is 0 Å². The SMILES string of the molecule is CCN(CC)CC(O)c1c(Cl)ccc2ccccc12. The van der Waals surface area contributed by atoms with E-state index in [-0.39, 0.29) is 0 Å². The zero-order chi connectivity index (χ0) is 13.8. The lowest BCUT2D eigenvalue weighted by atomic mass is 10.00. The number of aliphatic hydroxyl groups excluding tert-OH is 1. The summed E-state index contributed by atoms with van der Waals surface area (Å²) in [5.41, 5.74) is 0.840. The second-order valence-electron chi connectivity index (χ2n) is 4.68. The van der Waals surface area contributed by atoms with Gasteiger partial charge in [0.05, 0.1) is 6.10 Å². The molecule has 0 fully saturated rings. The van der Waals surface area contributed by atoms with Gasteiger partial charge in [-0.15, -0.1) is 0 Å². The van der Waals surface area contributed by atoms with Gasteiger partial charge in [-0.05, 0) is 29.9 Å². The molecule has 0 aliphatic heterocycles. The van der Waals surface area contributed by atoms with E-state index in [1.165, 1.54) is 0 Å². The highest BCUT2D eigenvalue weighted by Gasteiger charge is 2.17. The number of fused-ring (bicyclic) bond motifs is 1. The monoisotopic (exact) mass is 277 g/mol. The lowest BCUT2D eigenvalue weighted by molar-refractivity contribution is 0.120. The zero-order valence-electron chi connectivity index (χ0n) is 11.4. The highest BCUT2D eigenvalue weighted by atomic mass is 35.5. The summed E-state index contributed by atoms with van der Waals surface area (Å²) < 4.78 is 0. The lowest BCUT2D eigenvalue weighted by Crippen LogP contribution is -2.28. The average Bonchev–Trinajstić information content (AvgIpc) is 2.44. The molecule has 0 saturated heterocycles. The van der Waals surface area contributed by atoms with E-state index in [0.29, 0.717) is 11.6 Å². The van der Waals surface area contributed by atoms with Crippen molar-refractivity contribution in [3.63, 3.8) is 0 Å². The summed E-state index contributed by atoms with van der Waals surface area (Å²) in [5.74, 6) is 0. The van der Waals surface area contributed by atoms with Gasteiger partial charge >= 0.3 is 0 Å². The van der Waals surface area contributed by atoms with Crippen LogP contribution in [0.25, 0.3) is 10.8 Å². The van der Waals surface area contributed by atoms with Crippen LogP contribution in [0.2, 0.25) is 5.02 Å². The van der Waals surface area contributed by atoms with Gasteiger partial charge in [0.25, 0.3) is 0 Å². The molecule has 0 aliphatic carbocycles. The Hall–Kier alpha value is -1.09. The van der Waals surface area contributed by atoms with Crippen LogP contribution in [0.15, 0.2) is 36.4 Å². The Morgan fingerprint density at radius 1 is 1.11 bits per heavy atom. The Kier molecular flexibility index (Phi) is 4.81. The molecule has 19 heavy (non-hydrogen) atoms. The third-order valence-electron chi connectivity index (χ3n) is 3.58. The zero-order valence-corrected chi connectivity index (χ0v) is 12.2. The third kappa shape index (κ3) is 3.08. The number of rotatable bonds is 5. The second kappa shape index (κ2) is 6.38. The van der Waals surface area contributed by atoms with Crippen LogP contribution in [0.3, 0.4) is 0 Å². The van der Waals surface area contributed by atoms with Gasteiger partial charge in [-0.1, -0.05) is 55.8 Å². The number of nitrogens with zero attached hydrogens (tertiary/aromatic N) is 1. The van der Waals surface area contributed by atoms with Crippen molar-refractivity contribution in [3.8, 4) is 0 Å². The fourth-order valence-electron chi connectivity index (χ4n) is 2.43. The van der Waals surface area contributed by atoms with Crippen molar-refractivity contribution in [1.29, 1.82) is 0 Å². The van der Waals surface area contributed by atoms with Gasteiger partial charge in [0.15, 0.2) is 0 Å². The van der Waals surface area contributed by atoms with Crippen LogP contribution >= 0.6 is 11.6 Å². The topological polar surface area (TPSA) is 23.5 Å². The quantitative estimate of drug-likeness (QED) is 0.897. The molecule has 3 heteroatoms. The summed E-state index contributed by atoms with van der Waals surface area (Å²) in [6.45, 7) is 6.66. The lowest BCUT2D eigenvalue weighted by Gasteiger charge is -2.23. The summed E-state index contributed by atoms with van der Waals surface area (Å²) in [5, 5.41) is 13.3. The number of halogens is 1. The summed E-state index contributed by atoms with van der Waals surface area (Å²) >= 11 is 6.29. The van der Waals surface area contributed by atoms with Crippen molar-refractivity contribution in [1.82, 2.24) is 4.90 Å². The van der Waals surface area contributed by atoms with Gasteiger partial charge in [0.2, 0.25) is 0 Å². The molecule has 0 bridgehead atoms. The first-order chi connectivity index (χ1) is 9.17. The minimum absolute atomic E-state index is 0.557. The predicted octanol–water partition coefficient (Wildman–Crippen LogP) is 3.87. The molecular formula is C16H20ClNO. The van der Waals surface area contributed by atoms with E-state index in [0.717, 1.165) is 29.4 Å². The number of benzene rings is 2. The van der Waals surface area contributed by atoms with E-state index in [2.05, 4.69) is 18.7 Å². The minimum Gasteiger partial charge on any atom is -0.387 e. The molecule has 102 valence electrons. The summed E-state index contributed by atoms with van der Waals surface area (Å²) in [6, 6.07) is 11.9. The highest BCUT2D eigenvalue weighted by Crippen LogP contribution is 2.31. The van der Waals surface area contributed by atoms with Crippen molar-refractivity contribution in [2.24, 2.45) is 0 Å². The molecule has 2 aromatic rings. The van der Waals surface area contributed by atoms with E-state index in [1.807, 2.05) is 36.4 Å². The Morgan fingerprint density at radius 3 is 2.47 bits per heavy atom. The normalized spacial score (nSPS) is 13.1. The van der Waals surface area contributed by atoms with Gasteiger partial charge in [0, 0.05) is 17.1 Å². The van der Waals surface area contributed by atoms with Crippen LogP contribution in [0.5, 0.6) is 0 Å². The molecule has 1 atom stereocenters. The van der Waals surface area contributed by atoms with Crippen LogP contribution in [0.4, 0.5) is 0 Å². The van der Waals surface area contributed by atoms with E-state index in [1.54, 1.807) is 0 Å². The van der Waals surface area contributed by atoms with Crippen molar-refractivity contribution in [3.05, 3.63) is 47.0 Å². The van der Waals surface area contributed by atoms with Crippen molar-refractivity contribution in [2.45, 2.75) is 20.0 Å². The number of hydrogen-bond donors (Lipinski definition) is 1. The van der Waals surface area contributed by atoms with Crippen molar-refractivity contribution >= 4 is 22.4 Å². The molecule has 0 aliphatic rings. The average molecular weight is 278 g/mol. The third-order valence-corrected chi connectivity index (χ3v) is 3.91. The second-order valence-corrected chi connectivity index (χ2v) is 5.09. The molecular weight excluding hydrogens is 258 g/mol.